The summed E-state index contributed by atoms with van der Waals surface area (Å²) >= 11 is 0. The molecule has 0 amide bonds. The molecular weight excluding hydrogens is 230 g/mol. The SMILES string of the molecule is CCCc1noc(CN2CCCCCC2CO)n1. The van der Waals surface area contributed by atoms with Gasteiger partial charge in [-0.2, -0.15) is 4.98 Å². The summed E-state index contributed by atoms with van der Waals surface area (Å²) in [5.74, 6) is 1.47. The zero-order valence-corrected chi connectivity index (χ0v) is 11.1. The van der Waals surface area contributed by atoms with Crippen LogP contribution in [0.1, 0.15) is 50.7 Å². The standard InChI is InChI=1S/C13H23N3O2/c1-2-6-12-14-13(18-15-12)9-16-8-5-3-4-7-11(16)10-17/h11,17H,2-10H2,1H3. The van der Waals surface area contributed by atoms with Gasteiger partial charge in [0, 0.05) is 12.5 Å². The van der Waals surface area contributed by atoms with E-state index in [1.807, 2.05) is 0 Å². The topological polar surface area (TPSA) is 62.4 Å². The lowest BCUT2D eigenvalue weighted by Crippen LogP contribution is -2.37. The number of nitrogens with zero attached hydrogens (tertiary/aromatic N) is 3. The van der Waals surface area contributed by atoms with Crippen LogP contribution >= 0.6 is 0 Å². The quantitative estimate of drug-likeness (QED) is 0.866. The summed E-state index contributed by atoms with van der Waals surface area (Å²) in [7, 11) is 0. The molecule has 1 N–H and O–H groups in total. The van der Waals surface area contributed by atoms with Crippen LogP contribution in [0.2, 0.25) is 0 Å². The molecule has 2 rings (SSSR count). The highest BCUT2D eigenvalue weighted by atomic mass is 16.5. The Bertz CT molecular complexity index is 354. The average Bonchev–Trinajstić information content (AvgIpc) is 2.69. The Morgan fingerprint density at radius 3 is 3.06 bits per heavy atom. The molecule has 1 aliphatic rings. The van der Waals surface area contributed by atoms with E-state index in [0.29, 0.717) is 12.4 Å². The van der Waals surface area contributed by atoms with Crippen LogP contribution < -0.4 is 0 Å². The first-order chi connectivity index (χ1) is 8.83. The molecule has 0 aromatic carbocycles. The van der Waals surface area contributed by atoms with Crippen molar-refractivity contribution in [3.05, 3.63) is 11.7 Å². The highest BCUT2D eigenvalue weighted by Gasteiger charge is 2.22. The van der Waals surface area contributed by atoms with Gasteiger partial charge in [-0.3, -0.25) is 4.90 Å². The lowest BCUT2D eigenvalue weighted by atomic mass is 10.1. The van der Waals surface area contributed by atoms with Crippen molar-refractivity contribution in [3.63, 3.8) is 0 Å². The number of rotatable bonds is 5. The van der Waals surface area contributed by atoms with Crippen LogP contribution in [0.25, 0.3) is 0 Å². The van der Waals surface area contributed by atoms with E-state index in [2.05, 4.69) is 22.0 Å². The van der Waals surface area contributed by atoms with E-state index in [1.54, 1.807) is 0 Å². The van der Waals surface area contributed by atoms with Gasteiger partial charge in [0.15, 0.2) is 5.82 Å². The molecule has 0 aliphatic carbocycles. The van der Waals surface area contributed by atoms with Crippen molar-refractivity contribution in [1.29, 1.82) is 0 Å². The van der Waals surface area contributed by atoms with E-state index in [0.717, 1.165) is 31.6 Å². The molecule has 5 nitrogen and oxygen atoms in total. The summed E-state index contributed by atoms with van der Waals surface area (Å²) in [6.07, 6.45) is 6.60. The summed E-state index contributed by atoms with van der Waals surface area (Å²) in [6, 6.07) is 0.244. The maximum Gasteiger partial charge on any atom is 0.240 e. The zero-order valence-electron chi connectivity index (χ0n) is 11.1. The van der Waals surface area contributed by atoms with Gasteiger partial charge in [0.05, 0.1) is 13.2 Å². The third-order valence-corrected chi connectivity index (χ3v) is 3.53. The number of hydrogen-bond donors (Lipinski definition) is 1. The first-order valence-electron chi connectivity index (χ1n) is 7.00. The molecule has 2 heterocycles. The summed E-state index contributed by atoms with van der Waals surface area (Å²) in [4.78, 5) is 6.67. The van der Waals surface area contributed by atoms with Crippen molar-refractivity contribution in [1.82, 2.24) is 15.0 Å². The molecule has 1 unspecified atom stereocenters. The second kappa shape index (κ2) is 6.85. The maximum atomic E-state index is 9.45. The molecule has 0 bridgehead atoms. The number of aliphatic hydroxyl groups is 1. The number of likely N-dealkylation sites (tertiary alicyclic amines) is 1. The molecule has 0 spiro atoms. The summed E-state index contributed by atoms with van der Waals surface area (Å²) in [5.41, 5.74) is 0. The van der Waals surface area contributed by atoms with Gasteiger partial charge in [0.25, 0.3) is 0 Å². The van der Waals surface area contributed by atoms with Gasteiger partial charge in [-0.1, -0.05) is 24.9 Å². The summed E-state index contributed by atoms with van der Waals surface area (Å²) in [5, 5.41) is 13.4. The van der Waals surface area contributed by atoms with E-state index >= 15 is 0 Å². The number of aromatic nitrogens is 2. The van der Waals surface area contributed by atoms with Crippen LogP contribution in [0.15, 0.2) is 4.52 Å². The Kier molecular flexibility index (Phi) is 5.13. The van der Waals surface area contributed by atoms with Gasteiger partial charge in [-0.05, 0) is 25.8 Å². The van der Waals surface area contributed by atoms with Crippen LogP contribution in [0.3, 0.4) is 0 Å². The van der Waals surface area contributed by atoms with Gasteiger partial charge in [0.2, 0.25) is 5.89 Å². The van der Waals surface area contributed by atoms with E-state index in [9.17, 15) is 5.11 Å². The fourth-order valence-corrected chi connectivity index (χ4v) is 2.50. The minimum atomic E-state index is 0.218. The Morgan fingerprint density at radius 2 is 2.28 bits per heavy atom. The van der Waals surface area contributed by atoms with Crippen LogP contribution in [0, 0.1) is 0 Å². The second-order valence-corrected chi connectivity index (χ2v) is 5.01. The molecule has 1 fully saturated rings. The normalized spacial score (nSPS) is 22.0. The molecule has 1 atom stereocenters. The van der Waals surface area contributed by atoms with Crippen molar-refractivity contribution in [2.24, 2.45) is 0 Å². The molecule has 1 aliphatic heterocycles. The predicted octanol–water partition coefficient (Wildman–Crippen LogP) is 1.76. The molecule has 1 aromatic heterocycles. The monoisotopic (exact) mass is 253 g/mol. The highest BCUT2D eigenvalue weighted by Crippen LogP contribution is 2.18. The fourth-order valence-electron chi connectivity index (χ4n) is 2.50. The molecule has 18 heavy (non-hydrogen) atoms. The van der Waals surface area contributed by atoms with Crippen LogP contribution in [0.4, 0.5) is 0 Å². The van der Waals surface area contributed by atoms with E-state index < -0.39 is 0 Å². The smallest absolute Gasteiger partial charge is 0.240 e. The largest absolute Gasteiger partial charge is 0.395 e. The van der Waals surface area contributed by atoms with Crippen LogP contribution in [-0.2, 0) is 13.0 Å². The van der Waals surface area contributed by atoms with Crippen molar-refractivity contribution in [2.45, 2.75) is 58.0 Å². The Morgan fingerprint density at radius 1 is 1.39 bits per heavy atom. The first-order valence-corrected chi connectivity index (χ1v) is 7.00. The minimum Gasteiger partial charge on any atom is -0.395 e. The zero-order chi connectivity index (χ0) is 12.8. The van der Waals surface area contributed by atoms with Crippen molar-refractivity contribution >= 4 is 0 Å². The predicted molar refractivity (Wildman–Crippen MR) is 68.0 cm³/mol. The minimum absolute atomic E-state index is 0.218. The van der Waals surface area contributed by atoms with Crippen LogP contribution in [0.5, 0.6) is 0 Å². The van der Waals surface area contributed by atoms with Crippen LogP contribution in [-0.4, -0.2) is 39.3 Å². The fraction of sp³-hybridized carbons (Fsp3) is 0.846. The Hall–Kier alpha value is -0.940. The first kappa shape index (κ1) is 13.5. The molecule has 102 valence electrons. The third-order valence-electron chi connectivity index (χ3n) is 3.53. The number of aryl methyl sites for hydroxylation is 1. The number of hydrogen-bond acceptors (Lipinski definition) is 5. The van der Waals surface area contributed by atoms with Gasteiger partial charge >= 0.3 is 0 Å². The Labute approximate surface area is 108 Å². The summed E-state index contributed by atoms with van der Waals surface area (Å²) in [6.45, 7) is 4.00. The molecule has 1 saturated heterocycles. The van der Waals surface area contributed by atoms with Crippen molar-refractivity contribution < 1.29 is 9.63 Å². The van der Waals surface area contributed by atoms with E-state index in [-0.39, 0.29) is 12.6 Å². The van der Waals surface area contributed by atoms with Gasteiger partial charge in [-0.15, -0.1) is 0 Å². The van der Waals surface area contributed by atoms with E-state index in [1.165, 1.54) is 19.3 Å². The van der Waals surface area contributed by atoms with Crippen molar-refractivity contribution in [3.8, 4) is 0 Å². The Balaban J connectivity index is 1.96. The molecule has 0 radical (unpaired) electrons. The second-order valence-electron chi connectivity index (χ2n) is 5.01. The lowest BCUT2D eigenvalue weighted by molar-refractivity contribution is 0.107. The molecule has 1 aromatic rings. The van der Waals surface area contributed by atoms with Crippen molar-refractivity contribution in [2.75, 3.05) is 13.2 Å². The maximum absolute atomic E-state index is 9.45. The molecular formula is C13H23N3O2. The van der Waals surface area contributed by atoms with E-state index in [4.69, 9.17) is 4.52 Å². The third kappa shape index (κ3) is 3.53. The highest BCUT2D eigenvalue weighted by molar-refractivity contribution is 4.88. The lowest BCUT2D eigenvalue weighted by Gasteiger charge is -2.26. The molecule has 5 heteroatoms. The summed E-state index contributed by atoms with van der Waals surface area (Å²) < 4.78 is 5.27. The van der Waals surface area contributed by atoms with Gasteiger partial charge < -0.3 is 9.63 Å². The van der Waals surface area contributed by atoms with Gasteiger partial charge in [0.1, 0.15) is 0 Å². The number of aliphatic hydroxyl groups excluding tert-OH is 1. The molecule has 0 saturated carbocycles. The average molecular weight is 253 g/mol. The van der Waals surface area contributed by atoms with Gasteiger partial charge in [-0.25, -0.2) is 0 Å².